The number of hydrogen-bond donors (Lipinski definition) is 1. The minimum absolute atomic E-state index is 0.0340. The van der Waals surface area contributed by atoms with Gasteiger partial charge in [0.1, 0.15) is 0 Å². The number of hydrogen-bond acceptors (Lipinski definition) is 4. The number of benzene rings is 1. The summed E-state index contributed by atoms with van der Waals surface area (Å²) in [5.74, 6) is 0.729. The highest BCUT2D eigenvalue weighted by Gasteiger charge is 2.20. The van der Waals surface area contributed by atoms with Crippen molar-refractivity contribution in [3.05, 3.63) is 28.8 Å². The van der Waals surface area contributed by atoms with E-state index in [4.69, 9.17) is 11.6 Å². The van der Waals surface area contributed by atoms with E-state index in [0.717, 1.165) is 37.5 Å². The van der Waals surface area contributed by atoms with Gasteiger partial charge < -0.3 is 10.2 Å². The molecule has 0 aromatic heterocycles. The fraction of sp³-hybridized carbons (Fsp3) is 0.667. The average molecular weight is 444 g/mol. The lowest BCUT2D eigenvalue weighted by Gasteiger charge is -2.30. The van der Waals surface area contributed by atoms with Crippen LogP contribution in [0.2, 0.25) is 5.02 Å². The largest absolute Gasteiger partial charge is 0.356 e. The predicted octanol–water partition coefficient (Wildman–Crippen LogP) is 3.43. The molecular formula is C21H34ClN3O3S. The van der Waals surface area contributed by atoms with E-state index in [1.165, 1.54) is 23.4 Å². The molecule has 0 aliphatic carbocycles. The molecule has 1 amide bonds. The first-order valence-corrected chi connectivity index (χ1v) is 12.6. The average Bonchev–Trinajstić information content (AvgIpc) is 2.64. The molecule has 0 spiro atoms. The van der Waals surface area contributed by atoms with Crippen molar-refractivity contribution in [2.24, 2.45) is 5.92 Å². The first kappa shape index (κ1) is 24.0. The molecule has 1 N–H and O–H groups in total. The number of carbonyl (C=O) groups is 1. The number of nitrogens with zero attached hydrogens (tertiary/aromatic N) is 2. The number of amides is 1. The molecule has 0 unspecified atom stereocenters. The number of rotatable bonds is 10. The van der Waals surface area contributed by atoms with Crippen molar-refractivity contribution in [3.63, 3.8) is 0 Å². The minimum atomic E-state index is -3.46. The van der Waals surface area contributed by atoms with Gasteiger partial charge in [0.05, 0.1) is 11.9 Å². The SMILES string of the molecule is Cc1c(Cl)cccc1N(CCCC(=O)NCCCN1CCC[C@H](C)C1)S(C)(=O)=O. The van der Waals surface area contributed by atoms with Crippen molar-refractivity contribution in [1.82, 2.24) is 10.2 Å². The Morgan fingerprint density at radius 2 is 2.10 bits per heavy atom. The second-order valence-corrected chi connectivity index (χ2v) is 10.4. The molecule has 1 atom stereocenters. The maximum Gasteiger partial charge on any atom is 0.232 e. The van der Waals surface area contributed by atoms with Crippen LogP contribution < -0.4 is 9.62 Å². The summed E-state index contributed by atoms with van der Waals surface area (Å²) < 4.78 is 25.8. The highest BCUT2D eigenvalue weighted by atomic mass is 35.5. The zero-order valence-electron chi connectivity index (χ0n) is 17.8. The molecule has 1 aromatic carbocycles. The molecule has 29 heavy (non-hydrogen) atoms. The number of halogens is 1. The zero-order valence-corrected chi connectivity index (χ0v) is 19.4. The Bertz CT molecular complexity index is 785. The summed E-state index contributed by atoms with van der Waals surface area (Å²) in [6, 6.07) is 5.21. The maximum atomic E-state index is 12.2. The Labute approximate surface area is 180 Å². The number of carbonyl (C=O) groups excluding carboxylic acids is 1. The van der Waals surface area contributed by atoms with E-state index >= 15 is 0 Å². The van der Waals surface area contributed by atoms with Gasteiger partial charge in [0.15, 0.2) is 0 Å². The molecule has 6 nitrogen and oxygen atoms in total. The van der Waals surface area contributed by atoms with Gasteiger partial charge >= 0.3 is 0 Å². The molecule has 1 fully saturated rings. The standard InChI is InChI=1S/C21H34ClN3O3S/c1-17-8-5-13-24(16-17)14-7-12-23-21(26)11-6-15-25(29(3,27)28)20-10-4-9-19(22)18(20)2/h4,9-10,17H,5-8,11-16H2,1-3H3,(H,23,26)/t17-/m0/s1. The second kappa shape index (κ2) is 11.2. The van der Waals surface area contributed by atoms with Crippen LogP contribution in [-0.4, -0.2) is 58.2 Å². The van der Waals surface area contributed by atoms with Gasteiger partial charge in [-0.15, -0.1) is 0 Å². The molecule has 2 rings (SSSR count). The Kier molecular flexibility index (Phi) is 9.24. The topological polar surface area (TPSA) is 69.7 Å². The molecule has 1 saturated heterocycles. The van der Waals surface area contributed by atoms with Gasteiger partial charge in [-0.05, 0) is 69.3 Å². The fourth-order valence-electron chi connectivity index (χ4n) is 3.82. The van der Waals surface area contributed by atoms with Gasteiger partial charge in [-0.1, -0.05) is 24.6 Å². The van der Waals surface area contributed by atoms with Crippen LogP contribution in [0.3, 0.4) is 0 Å². The third-order valence-corrected chi connectivity index (χ3v) is 6.98. The van der Waals surface area contributed by atoms with Crippen molar-refractivity contribution in [2.75, 3.05) is 43.3 Å². The number of likely N-dealkylation sites (tertiary alicyclic amines) is 1. The van der Waals surface area contributed by atoms with Gasteiger partial charge in [-0.3, -0.25) is 9.10 Å². The van der Waals surface area contributed by atoms with Gasteiger partial charge in [-0.25, -0.2) is 8.42 Å². The van der Waals surface area contributed by atoms with Crippen LogP contribution in [0.15, 0.2) is 18.2 Å². The highest BCUT2D eigenvalue weighted by Crippen LogP contribution is 2.28. The van der Waals surface area contributed by atoms with Gasteiger partial charge in [0, 0.05) is 31.1 Å². The summed E-state index contributed by atoms with van der Waals surface area (Å²) in [4.78, 5) is 14.6. The highest BCUT2D eigenvalue weighted by molar-refractivity contribution is 7.92. The Hall–Kier alpha value is -1.31. The maximum absolute atomic E-state index is 12.2. The molecule has 1 aromatic rings. The van der Waals surface area contributed by atoms with Crippen LogP contribution in [0.5, 0.6) is 0 Å². The molecule has 8 heteroatoms. The number of anilines is 1. The van der Waals surface area contributed by atoms with Crippen LogP contribution in [0.25, 0.3) is 0 Å². The lowest BCUT2D eigenvalue weighted by atomic mass is 10.0. The molecule has 1 aliphatic heterocycles. The molecule has 0 saturated carbocycles. The predicted molar refractivity (Wildman–Crippen MR) is 120 cm³/mol. The monoisotopic (exact) mass is 443 g/mol. The van der Waals surface area contributed by atoms with Crippen LogP contribution in [0.1, 0.15) is 44.6 Å². The summed E-state index contributed by atoms with van der Waals surface area (Å²) in [5.41, 5.74) is 1.28. The lowest BCUT2D eigenvalue weighted by Crippen LogP contribution is -2.36. The quantitative estimate of drug-likeness (QED) is 0.562. The van der Waals surface area contributed by atoms with Gasteiger partial charge in [0.25, 0.3) is 0 Å². The van der Waals surface area contributed by atoms with Crippen molar-refractivity contribution in [2.45, 2.75) is 46.0 Å². The minimum Gasteiger partial charge on any atom is -0.356 e. The zero-order chi connectivity index (χ0) is 21.4. The van der Waals surface area contributed by atoms with Crippen LogP contribution in [-0.2, 0) is 14.8 Å². The van der Waals surface area contributed by atoms with E-state index in [1.807, 2.05) is 0 Å². The smallest absolute Gasteiger partial charge is 0.232 e. The fourth-order valence-corrected chi connectivity index (χ4v) is 5.01. The Morgan fingerprint density at radius 3 is 2.79 bits per heavy atom. The van der Waals surface area contributed by atoms with Crippen molar-refractivity contribution in [1.29, 1.82) is 0 Å². The number of piperidine rings is 1. The Balaban J connectivity index is 1.74. The third kappa shape index (κ3) is 7.79. The van der Waals surface area contributed by atoms with E-state index in [0.29, 0.717) is 30.1 Å². The van der Waals surface area contributed by atoms with Crippen molar-refractivity contribution in [3.8, 4) is 0 Å². The Morgan fingerprint density at radius 1 is 1.34 bits per heavy atom. The number of nitrogens with one attached hydrogen (secondary N) is 1. The van der Waals surface area contributed by atoms with Gasteiger partial charge in [0.2, 0.25) is 15.9 Å². The van der Waals surface area contributed by atoms with Crippen molar-refractivity contribution < 1.29 is 13.2 Å². The number of sulfonamides is 1. The molecular weight excluding hydrogens is 410 g/mol. The van der Waals surface area contributed by atoms with Crippen LogP contribution in [0, 0.1) is 12.8 Å². The van der Waals surface area contributed by atoms with E-state index in [-0.39, 0.29) is 12.5 Å². The first-order valence-electron chi connectivity index (χ1n) is 10.4. The van der Waals surface area contributed by atoms with Crippen molar-refractivity contribution >= 4 is 33.2 Å². The first-order chi connectivity index (χ1) is 13.7. The molecule has 1 aliphatic rings. The second-order valence-electron chi connectivity index (χ2n) is 8.07. The van der Waals surface area contributed by atoms with Crippen LogP contribution >= 0.6 is 11.6 Å². The summed E-state index contributed by atoms with van der Waals surface area (Å²) >= 11 is 6.14. The summed E-state index contributed by atoms with van der Waals surface area (Å²) in [6.45, 7) is 8.32. The van der Waals surface area contributed by atoms with E-state index in [2.05, 4.69) is 17.1 Å². The molecule has 0 bridgehead atoms. The molecule has 1 heterocycles. The lowest BCUT2D eigenvalue weighted by molar-refractivity contribution is -0.121. The third-order valence-electron chi connectivity index (χ3n) is 5.39. The summed E-state index contributed by atoms with van der Waals surface area (Å²) in [7, 11) is -3.46. The van der Waals surface area contributed by atoms with E-state index < -0.39 is 10.0 Å². The normalized spacial score (nSPS) is 17.9. The summed E-state index contributed by atoms with van der Waals surface area (Å²) in [6.07, 6.45) is 5.44. The molecule has 0 radical (unpaired) electrons. The van der Waals surface area contributed by atoms with E-state index in [9.17, 15) is 13.2 Å². The van der Waals surface area contributed by atoms with Gasteiger partial charge in [-0.2, -0.15) is 0 Å². The molecule has 164 valence electrons. The van der Waals surface area contributed by atoms with Crippen LogP contribution in [0.4, 0.5) is 5.69 Å². The summed E-state index contributed by atoms with van der Waals surface area (Å²) in [5, 5.41) is 3.48. The van der Waals surface area contributed by atoms with E-state index in [1.54, 1.807) is 25.1 Å².